The van der Waals surface area contributed by atoms with Gasteiger partial charge in [-0.05, 0) is 24.3 Å². The molecule has 0 fully saturated rings. The van der Waals surface area contributed by atoms with Gasteiger partial charge in [-0.3, -0.25) is 0 Å². The molecule has 0 unspecified atom stereocenters. The fourth-order valence-corrected chi connectivity index (χ4v) is 1.82. The second kappa shape index (κ2) is 4.38. The minimum Gasteiger partial charge on any atom is -0.478 e. The molecule has 18 heavy (non-hydrogen) atoms. The van der Waals surface area contributed by atoms with Crippen molar-refractivity contribution in [2.24, 2.45) is 0 Å². The molecule has 0 saturated heterocycles. The summed E-state index contributed by atoms with van der Waals surface area (Å²) in [6, 6.07) is 12.4. The van der Waals surface area contributed by atoms with E-state index in [0.717, 1.165) is 5.52 Å². The highest BCUT2D eigenvalue weighted by Gasteiger charge is 2.10. The lowest BCUT2D eigenvalue weighted by Gasteiger charge is -2.03. The van der Waals surface area contributed by atoms with Crippen molar-refractivity contribution in [3.63, 3.8) is 0 Å². The van der Waals surface area contributed by atoms with E-state index in [1.165, 1.54) is 6.07 Å². The van der Waals surface area contributed by atoms with Crippen molar-refractivity contribution in [2.45, 2.75) is 0 Å². The summed E-state index contributed by atoms with van der Waals surface area (Å²) in [5.74, 6) is -0.986. The Labute approximate surface area is 102 Å². The molecule has 1 aromatic heterocycles. The van der Waals surface area contributed by atoms with E-state index in [-0.39, 0.29) is 11.0 Å². The van der Waals surface area contributed by atoms with Crippen LogP contribution in [0, 0.1) is 0 Å². The van der Waals surface area contributed by atoms with Gasteiger partial charge in [0.25, 0.3) is 0 Å². The first-order valence-electron chi connectivity index (χ1n) is 5.14. The number of para-hydroxylation sites is 3. The van der Waals surface area contributed by atoms with Crippen LogP contribution in [-0.2, 0) is 0 Å². The molecule has 5 heteroatoms. The first-order valence-corrected chi connectivity index (χ1v) is 5.14. The van der Waals surface area contributed by atoms with Crippen molar-refractivity contribution in [1.82, 2.24) is 9.97 Å². The molecule has 0 bridgehead atoms. The van der Waals surface area contributed by atoms with Crippen molar-refractivity contribution in [3.05, 3.63) is 48.0 Å². The van der Waals surface area contributed by atoms with Crippen LogP contribution in [-0.4, -0.2) is 26.5 Å². The van der Waals surface area contributed by atoms with Gasteiger partial charge in [-0.2, -0.15) is 0 Å². The summed E-state index contributed by atoms with van der Waals surface area (Å²) in [7, 11) is 0. The second-order valence-corrected chi connectivity index (χ2v) is 3.69. The summed E-state index contributed by atoms with van der Waals surface area (Å²) in [5, 5.41) is 9.09. The number of carbonyl (C=O) groups is 1. The third kappa shape index (κ3) is 1.76. The summed E-state index contributed by atoms with van der Waals surface area (Å²) < 4.78 is 0. The Balaban J connectivity index is 0.00000120. The van der Waals surface area contributed by atoms with Gasteiger partial charge in [-0.25, -0.2) is 14.8 Å². The van der Waals surface area contributed by atoms with Crippen LogP contribution in [0.1, 0.15) is 10.4 Å². The van der Waals surface area contributed by atoms with Crippen LogP contribution in [0.2, 0.25) is 0 Å². The monoisotopic (exact) mass is 242 g/mol. The van der Waals surface area contributed by atoms with Gasteiger partial charge >= 0.3 is 5.97 Å². The standard InChI is InChI=1S/C13H8N2O2.H2O/c16-13(17)8-4-3-7-11-12(8)15-10-6-2-1-5-9(10)14-11;/h1-7H,(H,16,17);1H2. The van der Waals surface area contributed by atoms with Crippen LogP contribution in [0.5, 0.6) is 0 Å². The number of aromatic nitrogens is 2. The van der Waals surface area contributed by atoms with Crippen molar-refractivity contribution in [2.75, 3.05) is 0 Å². The van der Waals surface area contributed by atoms with E-state index < -0.39 is 5.97 Å². The number of fused-ring (bicyclic) bond motifs is 2. The molecule has 90 valence electrons. The molecule has 0 aliphatic carbocycles. The third-order valence-electron chi connectivity index (χ3n) is 2.60. The largest absolute Gasteiger partial charge is 0.478 e. The van der Waals surface area contributed by atoms with Gasteiger partial charge in [-0.15, -0.1) is 0 Å². The average Bonchev–Trinajstić information content (AvgIpc) is 2.35. The fraction of sp³-hybridized carbons (Fsp3) is 0. The van der Waals surface area contributed by atoms with E-state index in [0.29, 0.717) is 16.6 Å². The molecule has 1 heterocycles. The minimum absolute atomic E-state index is 0. The summed E-state index contributed by atoms with van der Waals surface area (Å²) in [4.78, 5) is 19.8. The van der Waals surface area contributed by atoms with Crippen LogP contribution in [0.15, 0.2) is 42.5 Å². The molecule has 0 atom stereocenters. The Kier molecular flexibility index (Phi) is 2.91. The highest BCUT2D eigenvalue weighted by molar-refractivity contribution is 6.02. The fourth-order valence-electron chi connectivity index (χ4n) is 1.82. The number of carboxylic acid groups (broad SMARTS) is 1. The quantitative estimate of drug-likeness (QED) is 0.656. The van der Waals surface area contributed by atoms with Gasteiger partial charge in [-0.1, -0.05) is 18.2 Å². The number of aromatic carboxylic acids is 1. The topological polar surface area (TPSA) is 94.6 Å². The Hall–Kier alpha value is -2.53. The van der Waals surface area contributed by atoms with Crippen LogP contribution in [0.3, 0.4) is 0 Å². The van der Waals surface area contributed by atoms with Gasteiger partial charge in [0, 0.05) is 0 Å². The maximum Gasteiger partial charge on any atom is 0.337 e. The molecule has 3 aromatic rings. The zero-order valence-corrected chi connectivity index (χ0v) is 9.29. The van der Waals surface area contributed by atoms with Crippen LogP contribution >= 0.6 is 0 Å². The van der Waals surface area contributed by atoms with Crippen LogP contribution in [0.4, 0.5) is 0 Å². The summed E-state index contributed by atoms with van der Waals surface area (Å²) in [5.41, 5.74) is 2.68. The zero-order valence-electron chi connectivity index (χ0n) is 9.29. The van der Waals surface area contributed by atoms with E-state index in [1.807, 2.05) is 24.3 Å². The van der Waals surface area contributed by atoms with E-state index in [2.05, 4.69) is 9.97 Å². The Bertz CT molecular complexity index is 740. The highest BCUT2D eigenvalue weighted by Crippen LogP contribution is 2.19. The maximum atomic E-state index is 11.1. The molecule has 3 rings (SSSR count). The number of carboxylic acids is 1. The van der Waals surface area contributed by atoms with Crippen molar-refractivity contribution >= 4 is 28.0 Å². The smallest absolute Gasteiger partial charge is 0.337 e. The number of nitrogens with zero attached hydrogens (tertiary/aromatic N) is 2. The van der Waals surface area contributed by atoms with Crippen molar-refractivity contribution in [1.29, 1.82) is 0 Å². The summed E-state index contributed by atoms with van der Waals surface area (Å²) >= 11 is 0. The predicted molar refractivity (Wildman–Crippen MR) is 67.6 cm³/mol. The second-order valence-electron chi connectivity index (χ2n) is 3.69. The van der Waals surface area contributed by atoms with Gasteiger partial charge < -0.3 is 10.6 Å². The lowest BCUT2D eigenvalue weighted by atomic mass is 10.1. The molecule has 0 spiro atoms. The van der Waals surface area contributed by atoms with Gasteiger partial charge in [0.1, 0.15) is 5.52 Å². The molecule has 0 saturated carbocycles. The van der Waals surface area contributed by atoms with Gasteiger partial charge in [0.05, 0.1) is 22.1 Å². The first-order chi connectivity index (χ1) is 8.25. The highest BCUT2D eigenvalue weighted by atomic mass is 16.4. The lowest BCUT2D eigenvalue weighted by molar-refractivity contribution is 0.0699. The van der Waals surface area contributed by atoms with Crippen LogP contribution in [0.25, 0.3) is 22.1 Å². The minimum atomic E-state index is -0.986. The molecular weight excluding hydrogens is 232 g/mol. The van der Waals surface area contributed by atoms with Gasteiger partial charge in [0.15, 0.2) is 0 Å². The molecule has 3 N–H and O–H groups in total. The number of rotatable bonds is 1. The predicted octanol–water partition coefficient (Wildman–Crippen LogP) is 1.66. The van der Waals surface area contributed by atoms with E-state index in [4.69, 9.17) is 5.11 Å². The molecular formula is C13H10N2O3. The van der Waals surface area contributed by atoms with Gasteiger partial charge in [0.2, 0.25) is 0 Å². The molecule has 0 amide bonds. The maximum absolute atomic E-state index is 11.1. The molecule has 0 radical (unpaired) electrons. The molecule has 0 aliphatic rings. The molecule has 2 aromatic carbocycles. The Morgan fingerprint density at radius 2 is 1.50 bits per heavy atom. The number of hydrogen-bond acceptors (Lipinski definition) is 3. The normalized spacial score (nSPS) is 10.2. The lowest BCUT2D eigenvalue weighted by Crippen LogP contribution is -1.99. The number of benzene rings is 2. The molecule has 5 nitrogen and oxygen atoms in total. The average molecular weight is 242 g/mol. The summed E-state index contributed by atoms with van der Waals surface area (Å²) in [6.07, 6.45) is 0. The summed E-state index contributed by atoms with van der Waals surface area (Å²) in [6.45, 7) is 0. The zero-order chi connectivity index (χ0) is 11.8. The van der Waals surface area contributed by atoms with Crippen molar-refractivity contribution in [3.8, 4) is 0 Å². The van der Waals surface area contributed by atoms with E-state index in [9.17, 15) is 4.79 Å². The van der Waals surface area contributed by atoms with E-state index in [1.54, 1.807) is 12.1 Å². The van der Waals surface area contributed by atoms with Crippen molar-refractivity contribution < 1.29 is 15.4 Å². The Morgan fingerprint density at radius 3 is 2.17 bits per heavy atom. The van der Waals surface area contributed by atoms with E-state index >= 15 is 0 Å². The molecule has 0 aliphatic heterocycles. The third-order valence-corrected chi connectivity index (χ3v) is 2.60. The first kappa shape index (κ1) is 11.9. The SMILES string of the molecule is O.O=C(O)c1cccc2nc3ccccc3nc12. The van der Waals surface area contributed by atoms with Crippen LogP contribution < -0.4 is 0 Å². The number of hydrogen-bond donors (Lipinski definition) is 1. The Morgan fingerprint density at radius 1 is 0.889 bits per heavy atom.